The van der Waals surface area contributed by atoms with E-state index in [1.807, 2.05) is 46.2 Å². The molecule has 10 nitrogen and oxygen atoms in total. The maximum absolute atomic E-state index is 14.0. The molecule has 2 aromatic carbocycles. The number of piperidine rings is 2. The summed E-state index contributed by atoms with van der Waals surface area (Å²) in [7, 11) is 2.19. The summed E-state index contributed by atoms with van der Waals surface area (Å²) in [4.78, 5) is 51.2. The molecule has 1 atom stereocenters. The van der Waals surface area contributed by atoms with Crippen molar-refractivity contribution in [3.05, 3.63) is 62.5 Å². The maximum atomic E-state index is 14.0. The van der Waals surface area contributed by atoms with Gasteiger partial charge < -0.3 is 29.7 Å². The lowest BCUT2D eigenvalue weighted by molar-refractivity contribution is -0.142. The number of ether oxygens (including phenoxy) is 1. The summed E-state index contributed by atoms with van der Waals surface area (Å²) in [5.74, 6) is -0.123. The Bertz CT molecular complexity index is 1430. The standard InChI is InChI=1S/C35H46Br2N6O4/c1-39-14-4-15-40(22-21-39)27-10-16-41(17-11-27)33(44)32(24-25-7-8-29(36)30(37)23-25)47-35(46)42-18-12-28(13-19-42)43-20-9-26-5-2-3-6-31(26)38-34(43)45/h2-3,5-8,23,27-28,32H,4,9-22,24H2,1H3,(H,38,45)/t32-/m1/s1. The number of likely N-dealkylation sites (tertiary alicyclic amines) is 2. The van der Waals surface area contributed by atoms with E-state index >= 15 is 0 Å². The van der Waals surface area contributed by atoms with E-state index in [1.165, 1.54) is 6.42 Å². The van der Waals surface area contributed by atoms with E-state index in [1.54, 1.807) is 4.90 Å². The zero-order valence-corrected chi connectivity index (χ0v) is 30.4. The molecule has 0 bridgehead atoms. The minimum atomic E-state index is -0.911. The summed E-state index contributed by atoms with van der Waals surface area (Å²) in [6, 6.07) is 14.2. The first kappa shape index (κ1) is 34.2. The number of likely N-dealkylation sites (N-methyl/N-ethyl adjacent to an activating group) is 1. The Kier molecular flexibility index (Phi) is 11.4. The number of benzene rings is 2. The highest BCUT2D eigenvalue weighted by molar-refractivity contribution is 9.13. The maximum Gasteiger partial charge on any atom is 0.410 e. The van der Waals surface area contributed by atoms with Crippen LogP contribution in [0.25, 0.3) is 0 Å². The molecule has 254 valence electrons. The van der Waals surface area contributed by atoms with Crippen LogP contribution in [-0.4, -0.2) is 127 Å². The SMILES string of the molecule is CN1CCCN(C2CCN(C(=O)[C@@H](Cc3ccc(Br)c(Br)c3)OC(=O)N3CCC(N4CCc5ccccc5NC4=O)CC3)CC2)CC1. The van der Waals surface area contributed by atoms with Gasteiger partial charge in [0, 0.05) is 79.0 Å². The molecule has 0 aliphatic carbocycles. The van der Waals surface area contributed by atoms with Crippen molar-refractivity contribution in [2.45, 2.75) is 63.1 Å². The van der Waals surface area contributed by atoms with Gasteiger partial charge in [0.05, 0.1) is 0 Å². The monoisotopic (exact) mass is 772 g/mol. The van der Waals surface area contributed by atoms with Gasteiger partial charge in [0.1, 0.15) is 0 Å². The quantitative estimate of drug-likeness (QED) is 0.421. The Balaban J connectivity index is 1.07. The zero-order chi connectivity index (χ0) is 32.9. The first-order valence-corrected chi connectivity index (χ1v) is 18.6. The minimum absolute atomic E-state index is 0.0387. The first-order valence-electron chi connectivity index (χ1n) is 17.0. The highest BCUT2D eigenvalue weighted by Crippen LogP contribution is 2.28. The van der Waals surface area contributed by atoms with Gasteiger partial charge in [-0.15, -0.1) is 0 Å². The van der Waals surface area contributed by atoms with Gasteiger partial charge in [0.15, 0.2) is 6.10 Å². The number of fused-ring (bicyclic) bond motifs is 1. The Hall–Kier alpha value is -2.67. The van der Waals surface area contributed by atoms with Crippen LogP contribution < -0.4 is 5.32 Å². The van der Waals surface area contributed by atoms with Crippen LogP contribution in [0.3, 0.4) is 0 Å². The Labute approximate surface area is 295 Å². The van der Waals surface area contributed by atoms with Crippen LogP contribution in [-0.2, 0) is 22.4 Å². The number of anilines is 1. The molecule has 4 heterocycles. The normalized spacial score (nSPS) is 21.4. The van der Waals surface area contributed by atoms with Gasteiger partial charge in [-0.05, 0) is 120 Å². The van der Waals surface area contributed by atoms with Gasteiger partial charge in [-0.1, -0.05) is 24.3 Å². The Morgan fingerprint density at radius 1 is 0.851 bits per heavy atom. The molecule has 4 amide bonds. The summed E-state index contributed by atoms with van der Waals surface area (Å²) in [6.45, 7) is 7.31. The number of halogens is 2. The lowest BCUT2D eigenvalue weighted by Gasteiger charge is -2.40. The number of hydrogen-bond acceptors (Lipinski definition) is 6. The minimum Gasteiger partial charge on any atom is -0.436 e. The number of carbonyl (C=O) groups is 3. The molecule has 2 aromatic rings. The number of para-hydroxylation sites is 1. The summed E-state index contributed by atoms with van der Waals surface area (Å²) < 4.78 is 7.89. The van der Waals surface area contributed by atoms with Gasteiger partial charge in [0.2, 0.25) is 0 Å². The van der Waals surface area contributed by atoms with Gasteiger partial charge in [0.25, 0.3) is 5.91 Å². The fraction of sp³-hybridized carbons (Fsp3) is 0.571. The second-order valence-corrected chi connectivity index (χ2v) is 15.0. The van der Waals surface area contributed by atoms with Crippen LogP contribution in [0, 0.1) is 0 Å². The van der Waals surface area contributed by atoms with Crippen LogP contribution in [0.1, 0.15) is 43.2 Å². The second-order valence-electron chi connectivity index (χ2n) is 13.3. The van der Waals surface area contributed by atoms with Crippen molar-refractivity contribution in [1.29, 1.82) is 0 Å². The molecule has 1 N–H and O–H groups in total. The molecule has 4 aliphatic rings. The smallest absolute Gasteiger partial charge is 0.410 e. The number of hydrogen-bond donors (Lipinski definition) is 1. The largest absolute Gasteiger partial charge is 0.436 e. The van der Waals surface area contributed by atoms with Crippen molar-refractivity contribution in [2.24, 2.45) is 0 Å². The average Bonchev–Trinajstić information content (AvgIpc) is 3.40. The molecule has 0 spiro atoms. The van der Waals surface area contributed by atoms with E-state index in [-0.39, 0.29) is 18.0 Å². The molecule has 0 unspecified atom stereocenters. The molecule has 4 aliphatic heterocycles. The van der Waals surface area contributed by atoms with Crippen molar-refractivity contribution in [2.75, 3.05) is 71.3 Å². The van der Waals surface area contributed by atoms with E-state index in [0.29, 0.717) is 58.0 Å². The fourth-order valence-corrected chi connectivity index (χ4v) is 8.11. The molecule has 0 radical (unpaired) electrons. The lowest BCUT2D eigenvalue weighted by Crippen LogP contribution is -2.52. The van der Waals surface area contributed by atoms with Crippen LogP contribution in [0.15, 0.2) is 51.4 Å². The molecular weight excluding hydrogens is 728 g/mol. The third-order valence-electron chi connectivity index (χ3n) is 10.3. The van der Waals surface area contributed by atoms with Crippen LogP contribution in [0.4, 0.5) is 15.3 Å². The van der Waals surface area contributed by atoms with Crippen molar-refractivity contribution < 1.29 is 19.1 Å². The van der Waals surface area contributed by atoms with Crippen molar-refractivity contribution in [3.8, 4) is 0 Å². The average molecular weight is 775 g/mol. The van der Waals surface area contributed by atoms with Crippen LogP contribution >= 0.6 is 31.9 Å². The van der Waals surface area contributed by atoms with E-state index in [9.17, 15) is 14.4 Å². The highest BCUT2D eigenvalue weighted by atomic mass is 79.9. The third-order valence-corrected chi connectivity index (χ3v) is 12.2. The van der Waals surface area contributed by atoms with Gasteiger partial charge in [-0.3, -0.25) is 9.69 Å². The van der Waals surface area contributed by atoms with Gasteiger partial charge in [-0.25, -0.2) is 9.59 Å². The van der Waals surface area contributed by atoms with E-state index < -0.39 is 12.2 Å². The predicted octanol–water partition coefficient (Wildman–Crippen LogP) is 5.44. The molecule has 0 aromatic heterocycles. The zero-order valence-electron chi connectivity index (χ0n) is 27.2. The molecule has 3 fully saturated rings. The molecule has 47 heavy (non-hydrogen) atoms. The summed E-state index contributed by atoms with van der Waals surface area (Å²) in [5, 5.41) is 3.06. The van der Waals surface area contributed by atoms with Crippen molar-refractivity contribution in [1.82, 2.24) is 24.5 Å². The van der Waals surface area contributed by atoms with Crippen LogP contribution in [0.5, 0.6) is 0 Å². The summed E-state index contributed by atoms with van der Waals surface area (Å²) >= 11 is 7.10. The van der Waals surface area contributed by atoms with E-state index in [4.69, 9.17) is 4.74 Å². The third kappa shape index (κ3) is 8.50. The fourth-order valence-electron chi connectivity index (χ4n) is 7.44. The van der Waals surface area contributed by atoms with E-state index in [2.05, 4.69) is 60.1 Å². The predicted molar refractivity (Wildman–Crippen MR) is 190 cm³/mol. The molecule has 3 saturated heterocycles. The van der Waals surface area contributed by atoms with Crippen molar-refractivity contribution >= 4 is 55.6 Å². The first-order chi connectivity index (χ1) is 22.7. The number of urea groups is 1. The number of rotatable bonds is 6. The highest BCUT2D eigenvalue weighted by Gasteiger charge is 2.36. The number of carbonyl (C=O) groups excluding carboxylic acids is 3. The Morgan fingerprint density at radius 2 is 1.57 bits per heavy atom. The van der Waals surface area contributed by atoms with Gasteiger partial charge in [-0.2, -0.15) is 0 Å². The number of nitrogens with zero attached hydrogens (tertiary/aromatic N) is 5. The van der Waals surface area contributed by atoms with Crippen molar-refractivity contribution in [3.63, 3.8) is 0 Å². The second kappa shape index (κ2) is 15.7. The number of nitrogens with one attached hydrogen (secondary N) is 1. The summed E-state index contributed by atoms with van der Waals surface area (Å²) in [6.07, 6.45) is 4.09. The van der Waals surface area contributed by atoms with Crippen LogP contribution in [0.2, 0.25) is 0 Å². The molecular formula is C35H46Br2N6O4. The van der Waals surface area contributed by atoms with E-state index in [0.717, 1.165) is 71.2 Å². The topological polar surface area (TPSA) is 88.7 Å². The molecule has 0 saturated carbocycles. The number of amides is 4. The molecule has 12 heteroatoms. The Morgan fingerprint density at radius 3 is 2.34 bits per heavy atom. The summed E-state index contributed by atoms with van der Waals surface area (Å²) in [5.41, 5.74) is 2.92. The lowest BCUT2D eigenvalue weighted by atomic mass is 10.0. The van der Waals surface area contributed by atoms with Gasteiger partial charge >= 0.3 is 12.1 Å². The molecule has 6 rings (SSSR count).